The SMILES string of the molecule is COc1c(O)c(C(=O)O)c(C(=O)O)c2c(OC)cc(=O)oc12. The van der Waals surface area contributed by atoms with Crippen molar-refractivity contribution in [2.24, 2.45) is 0 Å². The lowest BCUT2D eigenvalue weighted by Crippen LogP contribution is -2.12. The van der Waals surface area contributed by atoms with Gasteiger partial charge in [0.05, 0.1) is 31.2 Å². The van der Waals surface area contributed by atoms with Gasteiger partial charge in [-0.05, 0) is 0 Å². The molecule has 1 aromatic heterocycles. The second-order valence-corrected chi connectivity index (χ2v) is 4.08. The molecule has 22 heavy (non-hydrogen) atoms. The van der Waals surface area contributed by atoms with E-state index in [1.165, 1.54) is 7.11 Å². The number of hydrogen-bond acceptors (Lipinski definition) is 7. The average Bonchev–Trinajstić information content (AvgIpc) is 2.44. The summed E-state index contributed by atoms with van der Waals surface area (Å²) >= 11 is 0. The number of phenols is 1. The molecule has 0 unspecified atom stereocenters. The van der Waals surface area contributed by atoms with Crippen LogP contribution in [0, 0.1) is 0 Å². The highest BCUT2D eigenvalue weighted by Gasteiger charge is 2.31. The van der Waals surface area contributed by atoms with E-state index in [9.17, 15) is 29.7 Å². The van der Waals surface area contributed by atoms with Crippen LogP contribution in [-0.4, -0.2) is 41.5 Å². The zero-order valence-electron chi connectivity index (χ0n) is 11.4. The minimum Gasteiger partial charge on any atom is -0.504 e. The van der Waals surface area contributed by atoms with Crippen molar-refractivity contribution in [1.82, 2.24) is 0 Å². The highest BCUT2D eigenvalue weighted by Crippen LogP contribution is 2.43. The fourth-order valence-electron chi connectivity index (χ4n) is 2.11. The highest BCUT2D eigenvalue weighted by molar-refractivity contribution is 6.15. The van der Waals surface area contributed by atoms with Gasteiger partial charge in [-0.1, -0.05) is 0 Å². The summed E-state index contributed by atoms with van der Waals surface area (Å²) in [5.41, 5.74) is -2.99. The van der Waals surface area contributed by atoms with Gasteiger partial charge in [0.25, 0.3) is 0 Å². The Morgan fingerprint density at radius 3 is 2.14 bits per heavy atom. The summed E-state index contributed by atoms with van der Waals surface area (Å²) < 4.78 is 14.6. The molecule has 2 aromatic rings. The van der Waals surface area contributed by atoms with Crippen LogP contribution in [0.4, 0.5) is 0 Å². The first-order valence-electron chi connectivity index (χ1n) is 5.74. The summed E-state index contributed by atoms with van der Waals surface area (Å²) in [5.74, 6) is -5.00. The van der Waals surface area contributed by atoms with Gasteiger partial charge in [0.2, 0.25) is 5.75 Å². The van der Waals surface area contributed by atoms with E-state index < -0.39 is 45.8 Å². The first kappa shape index (κ1) is 15.2. The Balaban J connectivity index is 3.23. The maximum absolute atomic E-state index is 11.5. The molecule has 9 nitrogen and oxygen atoms in total. The summed E-state index contributed by atoms with van der Waals surface area (Å²) in [6.07, 6.45) is 0. The van der Waals surface area contributed by atoms with Crippen LogP contribution in [0.25, 0.3) is 11.0 Å². The molecule has 0 fully saturated rings. The Morgan fingerprint density at radius 2 is 1.68 bits per heavy atom. The van der Waals surface area contributed by atoms with Crippen molar-refractivity contribution < 1.29 is 38.8 Å². The normalized spacial score (nSPS) is 10.5. The minimum atomic E-state index is -1.69. The Morgan fingerprint density at radius 1 is 1.09 bits per heavy atom. The molecular formula is C13H10O9. The quantitative estimate of drug-likeness (QED) is 0.702. The summed E-state index contributed by atoms with van der Waals surface area (Å²) in [6.45, 7) is 0. The summed E-state index contributed by atoms with van der Waals surface area (Å²) in [7, 11) is 2.26. The Bertz CT molecular complexity index is 847. The molecule has 0 saturated heterocycles. The van der Waals surface area contributed by atoms with Crippen molar-refractivity contribution in [3.05, 3.63) is 27.6 Å². The van der Waals surface area contributed by atoms with Crippen molar-refractivity contribution in [2.75, 3.05) is 14.2 Å². The number of carboxylic acids is 2. The Labute approximate surface area is 121 Å². The third-order valence-corrected chi connectivity index (χ3v) is 2.93. The van der Waals surface area contributed by atoms with E-state index in [0.717, 1.165) is 13.2 Å². The molecule has 1 aromatic carbocycles. The number of carbonyl (C=O) groups is 2. The van der Waals surface area contributed by atoms with Crippen molar-refractivity contribution in [3.8, 4) is 17.2 Å². The Kier molecular flexibility index (Phi) is 3.64. The van der Waals surface area contributed by atoms with Crippen LogP contribution in [-0.2, 0) is 0 Å². The van der Waals surface area contributed by atoms with E-state index in [4.69, 9.17) is 13.9 Å². The maximum Gasteiger partial charge on any atom is 0.340 e. The number of aromatic carboxylic acids is 2. The minimum absolute atomic E-state index is 0.218. The van der Waals surface area contributed by atoms with Crippen LogP contribution in [0.1, 0.15) is 20.7 Å². The van der Waals surface area contributed by atoms with Crippen LogP contribution in [0.5, 0.6) is 17.2 Å². The number of hydrogen-bond donors (Lipinski definition) is 3. The lowest BCUT2D eigenvalue weighted by molar-refractivity contribution is 0.0649. The van der Waals surface area contributed by atoms with Gasteiger partial charge >= 0.3 is 17.6 Å². The monoisotopic (exact) mass is 310 g/mol. The van der Waals surface area contributed by atoms with E-state index in [0.29, 0.717) is 0 Å². The molecule has 0 amide bonds. The largest absolute Gasteiger partial charge is 0.504 e. The molecule has 0 saturated carbocycles. The number of fused-ring (bicyclic) bond motifs is 1. The van der Waals surface area contributed by atoms with Gasteiger partial charge in [-0.3, -0.25) is 0 Å². The molecule has 9 heteroatoms. The van der Waals surface area contributed by atoms with Crippen LogP contribution in [0.3, 0.4) is 0 Å². The van der Waals surface area contributed by atoms with Crippen LogP contribution >= 0.6 is 0 Å². The number of aromatic hydroxyl groups is 1. The van der Waals surface area contributed by atoms with Crippen LogP contribution < -0.4 is 15.1 Å². The van der Waals surface area contributed by atoms with Crippen LogP contribution in [0.2, 0.25) is 0 Å². The van der Waals surface area contributed by atoms with Gasteiger partial charge in [-0.2, -0.15) is 0 Å². The van der Waals surface area contributed by atoms with E-state index in [-0.39, 0.29) is 11.1 Å². The predicted octanol–water partition coefficient (Wildman–Crippen LogP) is 0.912. The molecule has 0 aliphatic rings. The lowest BCUT2D eigenvalue weighted by atomic mass is 9.99. The molecule has 116 valence electrons. The first-order chi connectivity index (χ1) is 10.3. The third-order valence-electron chi connectivity index (χ3n) is 2.93. The topological polar surface area (TPSA) is 144 Å². The molecule has 2 rings (SSSR count). The molecular weight excluding hydrogens is 300 g/mol. The van der Waals surface area contributed by atoms with Gasteiger partial charge in [0, 0.05) is 0 Å². The highest BCUT2D eigenvalue weighted by atomic mass is 16.5. The number of rotatable bonds is 4. The number of methoxy groups -OCH3 is 2. The molecule has 0 bridgehead atoms. The van der Waals surface area contributed by atoms with Gasteiger partial charge in [0.15, 0.2) is 11.3 Å². The Hall–Kier alpha value is -3.23. The molecule has 3 N–H and O–H groups in total. The van der Waals surface area contributed by atoms with Crippen molar-refractivity contribution >= 4 is 22.9 Å². The molecule has 1 heterocycles. The smallest absolute Gasteiger partial charge is 0.340 e. The zero-order chi connectivity index (χ0) is 16.6. The first-order valence-corrected chi connectivity index (χ1v) is 5.74. The molecule has 0 aliphatic carbocycles. The maximum atomic E-state index is 11.5. The van der Waals surface area contributed by atoms with E-state index in [1.807, 2.05) is 0 Å². The lowest BCUT2D eigenvalue weighted by Gasteiger charge is -2.14. The van der Waals surface area contributed by atoms with E-state index in [1.54, 1.807) is 0 Å². The van der Waals surface area contributed by atoms with E-state index in [2.05, 4.69) is 0 Å². The molecule has 0 spiro atoms. The van der Waals surface area contributed by atoms with Crippen molar-refractivity contribution in [2.45, 2.75) is 0 Å². The summed E-state index contributed by atoms with van der Waals surface area (Å²) in [4.78, 5) is 34.3. The zero-order valence-corrected chi connectivity index (χ0v) is 11.4. The summed E-state index contributed by atoms with van der Waals surface area (Å²) in [6, 6.07) is 0.858. The fourth-order valence-corrected chi connectivity index (χ4v) is 2.11. The van der Waals surface area contributed by atoms with Crippen LogP contribution in [0.15, 0.2) is 15.3 Å². The number of ether oxygens (including phenoxy) is 2. The predicted molar refractivity (Wildman–Crippen MR) is 71.2 cm³/mol. The van der Waals surface area contributed by atoms with Gasteiger partial charge < -0.3 is 29.2 Å². The third kappa shape index (κ3) is 2.08. The second-order valence-electron chi connectivity index (χ2n) is 4.08. The average molecular weight is 310 g/mol. The molecule has 0 radical (unpaired) electrons. The number of carboxylic acid groups (broad SMARTS) is 2. The molecule has 0 atom stereocenters. The standard InChI is InChI=1S/C13H10O9/c1-20-4-3-5(14)22-10-6(4)7(12(16)17)8(13(18)19)9(15)11(10)21-2/h3,15H,1-2H3,(H,16,17)(H,18,19). The van der Waals surface area contributed by atoms with Crippen molar-refractivity contribution in [1.29, 1.82) is 0 Å². The van der Waals surface area contributed by atoms with Crippen molar-refractivity contribution in [3.63, 3.8) is 0 Å². The second kappa shape index (κ2) is 5.28. The van der Waals surface area contributed by atoms with Gasteiger partial charge in [-0.15, -0.1) is 0 Å². The molecule has 0 aliphatic heterocycles. The van der Waals surface area contributed by atoms with E-state index >= 15 is 0 Å². The fraction of sp³-hybridized carbons (Fsp3) is 0.154. The number of benzene rings is 1. The van der Waals surface area contributed by atoms with Gasteiger partial charge in [-0.25, -0.2) is 14.4 Å². The van der Waals surface area contributed by atoms with Gasteiger partial charge in [0.1, 0.15) is 11.3 Å². The summed E-state index contributed by atoms with van der Waals surface area (Å²) in [5, 5.41) is 28.1.